The van der Waals surface area contributed by atoms with Crippen molar-refractivity contribution in [2.75, 3.05) is 11.6 Å². The predicted octanol–water partition coefficient (Wildman–Crippen LogP) is 2.03. The number of aromatic nitrogens is 2. The van der Waals surface area contributed by atoms with Crippen LogP contribution >= 0.6 is 39.3 Å². The quantitative estimate of drug-likeness (QED) is 0.375. The van der Waals surface area contributed by atoms with Gasteiger partial charge in [-0.25, -0.2) is 9.97 Å². The summed E-state index contributed by atoms with van der Waals surface area (Å²) in [5, 5.41) is 20.8. The largest absolute Gasteiger partial charge is 0.390 e. The first-order chi connectivity index (χ1) is 7.60. The Balaban J connectivity index is 2.87. The Bertz CT molecular complexity index is 356. The molecule has 0 aliphatic carbocycles. The van der Waals surface area contributed by atoms with Crippen LogP contribution in [-0.4, -0.2) is 37.9 Å². The molecular weight excluding hydrogens is 316 g/mol. The molecular formula is C9H12BrClN2O2S. The van der Waals surface area contributed by atoms with E-state index in [1.165, 1.54) is 18.0 Å². The van der Waals surface area contributed by atoms with Gasteiger partial charge in [-0.3, -0.25) is 0 Å². The first kappa shape index (κ1) is 14.2. The van der Waals surface area contributed by atoms with Crippen LogP contribution in [0.5, 0.6) is 0 Å². The minimum Gasteiger partial charge on any atom is -0.390 e. The number of nitrogens with zero attached hydrogens (tertiary/aromatic N) is 2. The summed E-state index contributed by atoms with van der Waals surface area (Å²) in [5.41, 5.74) is 0.355. The van der Waals surface area contributed by atoms with Crippen LogP contribution < -0.4 is 0 Å². The van der Waals surface area contributed by atoms with Gasteiger partial charge in [0.1, 0.15) is 11.3 Å². The molecule has 16 heavy (non-hydrogen) atoms. The minimum atomic E-state index is -1.05. The first-order valence-corrected chi connectivity index (χ1v) is 7.31. The SMILES string of the molecule is CSc1ncc(C(O)C(O)CCBr)c(Cl)n1. The molecule has 0 spiro atoms. The molecule has 1 aromatic heterocycles. The molecule has 0 aromatic carbocycles. The smallest absolute Gasteiger partial charge is 0.188 e. The lowest BCUT2D eigenvalue weighted by Crippen LogP contribution is -2.19. The maximum absolute atomic E-state index is 9.82. The second-order valence-corrected chi connectivity index (χ2v) is 5.02. The number of thioether (sulfide) groups is 1. The van der Waals surface area contributed by atoms with E-state index in [0.29, 0.717) is 22.5 Å². The molecule has 0 fully saturated rings. The zero-order chi connectivity index (χ0) is 12.1. The third-order valence-corrected chi connectivity index (χ3v) is 3.34. The number of halogens is 2. The Labute approximate surface area is 112 Å². The van der Waals surface area contributed by atoms with Crippen molar-refractivity contribution in [1.29, 1.82) is 0 Å². The predicted molar refractivity (Wildman–Crippen MR) is 68.2 cm³/mol. The van der Waals surface area contributed by atoms with Gasteiger partial charge >= 0.3 is 0 Å². The molecule has 4 nitrogen and oxygen atoms in total. The molecule has 0 aliphatic rings. The van der Waals surface area contributed by atoms with Gasteiger partial charge in [-0.2, -0.15) is 0 Å². The highest BCUT2D eigenvalue weighted by atomic mass is 79.9. The van der Waals surface area contributed by atoms with Crippen molar-refractivity contribution in [2.45, 2.75) is 23.8 Å². The van der Waals surface area contributed by atoms with Gasteiger partial charge in [-0.05, 0) is 12.7 Å². The lowest BCUT2D eigenvalue weighted by molar-refractivity contribution is 0.0169. The lowest BCUT2D eigenvalue weighted by atomic mass is 10.1. The molecule has 2 N–H and O–H groups in total. The fraction of sp³-hybridized carbons (Fsp3) is 0.556. The van der Waals surface area contributed by atoms with Gasteiger partial charge in [-0.15, -0.1) is 0 Å². The summed E-state index contributed by atoms with van der Waals surface area (Å²) < 4.78 is 0. The summed E-state index contributed by atoms with van der Waals surface area (Å²) in [5.74, 6) is 0. The van der Waals surface area contributed by atoms with Crippen LogP contribution in [0.4, 0.5) is 0 Å². The van der Waals surface area contributed by atoms with E-state index in [9.17, 15) is 10.2 Å². The molecule has 1 aromatic rings. The zero-order valence-corrected chi connectivity index (χ0v) is 11.8. The van der Waals surface area contributed by atoms with Crippen LogP contribution in [0.15, 0.2) is 11.4 Å². The van der Waals surface area contributed by atoms with E-state index < -0.39 is 12.2 Å². The second-order valence-electron chi connectivity index (χ2n) is 3.09. The zero-order valence-electron chi connectivity index (χ0n) is 8.60. The number of aliphatic hydroxyl groups is 2. The van der Waals surface area contributed by atoms with E-state index in [1.54, 1.807) is 0 Å². The summed E-state index contributed by atoms with van der Waals surface area (Å²) >= 11 is 10.5. The van der Waals surface area contributed by atoms with E-state index in [4.69, 9.17) is 11.6 Å². The molecule has 1 rings (SSSR count). The average Bonchev–Trinajstić information content (AvgIpc) is 2.28. The summed E-state index contributed by atoms with van der Waals surface area (Å²) in [7, 11) is 0. The molecule has 0 bridgehead atoms. The van der Waals surface area contributed by atoms with E-state index in [2.05, 4.69) is 25.9 Å². The lowest BCUT2D eigenvalue weighted by Gasteiger charge is -2.17. The molecule has 2 atom stereocenters. The minimum absolute atomic E-state index is 0.181. The van der Waals surface area contributed by atoms with Gasteiger partial charge in [0, 0.05) is 17.1 Å². The van der Waals surface area contributed by atoms with Crippen molar-refractivity contribution in [3.05, 3.63) is 16.9 Å². The second kappa shape index (κ2) is 6.76. The van der Waals surface area contributed by atoms with Crippen LogP contribution in [0.1, 0.15) is 18.1 Å². The highest BCUT2D eigenvalue weighted by molar-refractivity contribution is 9.09. The summed E-state index contributed by atoms with van der Waals surface area (Å²) in [6, 6.07) is 0. The highest BCUT2D eigenvalue weighted by Crippen LogP contribution is 2.26. The van der Waals surface area contributed by atoms with Crippen LogP contribution in [0.25, 0.3) is 0 Å². The van der Waals surface area contributed by atoms with Crippen LogP contribution in [0.3, 0.4) is 0 Å². The third kappa shape index (κ3) is 3.56. The normalized spacial score (nSPS) is 14.8. The fourth-order valence-corrected chi connectivity index (χ4v) is 2.23. The van der Waals surface area contributed by atoms with Gasteiger partial charge in [0.2, 0.25) is 0 Å². The molecule has 90 valence electrons. The molecule has 2 unspecified atom stereocenters. The number of hydrogen-bond acceptors (Lipinski definition) is 5. The number of rotatable bonds is 5. The number of aliphatic hydroxyl groups excluding tert-OH is 2. The van der Waals surface area contributed by atoms with Crippen LogP contribution in [0.2, 0.25) is 5.15 Å². The maximum Gasteiger partial charge on any atom is 0.188 e. The Morgan fingerprint density at radius 2 is 2.25 bits per heavy atom. The Morgan fingerprint density at radius 3 is 2.75 bits per heavy atom. The van der Waals surface area contributed by atoms with E-state index >= 15 is 0 Å². The molecule has 0 radical (unpaired) electrons. The molecule has 0 saturated heterocycles. The van der Waals surface area contributed by atoms with Crippen LogP contribution in [0, 0.1) is 0 Å². The molecule has 0 saturated carbocycles. The van der Waals surface area contributed by atoms with Gasteiger partial charge in [0.05, 0.1) is 6.10 Å². The number of hydrogen-bond donors (Lipinski definition) is 2. The van der Waals surface area contributed by atoms with E-state index in [0.717, 1.165) is 0 Å². The third-order valence-electron chi connectivity index (χ3n) is 2.02. The van der Waals surface area contributed by atoms with Crippen molar-refractivity contribution < 1.29 is 10.2 Å². The van der Waals surface area contributed by atoms with E-state index in [1.807, 2.05) is 6.26 Å². The molecule has 7 heteroatoms. The van der Waals surface area contributed by atoms with Gasteiger partial charge in [0.15, 0.2) is 5.16 Å². The average molecular weight is 328 g/mol. The van der Waals surface area contributed by atoms with Gasteiger partial charge in [0.25, 0.3) is 0 Å². The Hall–Kier alpha value is 0.120. The van der Waals surface area contributed by atoms with E-state index in [-0.39, 0.29) is 5.15 Å². The molecule has 1 heterocycles. The maximum atomic E-state index is 9.82. The Kier molecular flexibility index (Phi) is 5.99. The van der Waals surface area contributed by atoms with Crippen molar-refractivity contribution >= 4 is 39.3 Å². The van der Waals surface area contributed by atoms with Crippen molar-refractivity contribution in [2.24, 2.45) is 0 Å². The highest BCUT2D eigenvalue weighted by Gasteiger charge is 2.21. The van der Waals surface area contributed by atoms with Gasteiger partial charge in [-0.1, -0.05) is 39.3 Å². The fourth-order valence-electron chi connectivity index (χ4n) is 1.13. The number of alkyl halides is 1. The standard InChI is InChI=1S/C9H12BrClN2O2S/c1-16-9-12-4-5(8(11)13-9)7(15)6(14)2-3-10/h4,6-7,14-15H,2-3H2,1H3. The summed E-state index contributed by atoms with van der Waals surface area (Å²) in [6.07, 6.45) is 1.79. The molecule has 0 aliphatic heterocycles. The van der Waals surface area contributed by atoms with Crippen molar-refractivity contribution in [3.8, 4) is 0 Å². The Morgan fingerprint density at radius 1 is 1.56 bits per heavy atom. The first-order valence-electron chi connectivity index (χ1n) is 4.58. The molecule has 0 amide bonds. The van der Waals surface area contributed by atoms with Crippen molar-refractivity contribution in [3.63, 3.8) is 0 Å². The monoisotopic (exact) mass is 326 g/mol. The van der Waals surface area contributed by atoms with Crippen LogP contribution in [-0.2, 0) is 0 Å². The summed E-state index contributed by atoms with van der Waals surface area (Å²) in [6.45, 7) is 0. The van der Waals surface area contributed by atoms with Crippen molar-refractivity contribution in [1.82, 2.24) is 9.97 Å². The topological polar surface area (TPSA) is 66.2 Å². The summed E-state index contributed by atoms with van der Waals surface area (Å²) in [4.78, 5) is 8.00. The van der Waals surface area contributed by atoms with Gasteiger partial charge < -0.3 is 10.2 Å².